The van der Waals surface area contributed by atoms with Gasteiger partial charge in [0.25, 0.3) is 5.91 Å². The second-order valence-corrected chi connectivity index (χ2v) is 5.75. The minimum absolute atomic E-state index is 0.0537. The highest BCUT2D eigenvalue weighted by Gasteiger charge is 2.24. The van der Waals surface area contributed by atoms with Crippen LogP contribution >= 0.6 is 0 Å². The quantitative estimate of drug-likeness (QED) is 0.832. The molecule has 1 amide bonds. The van der Waals surface area contributed by atoms with Crippen LogP contribution in [0.3, 0.4) is 0 Å². The summed E-state index contributed by atoms with van der Waals surface area (Å²) in [5.74, 6) is 1.75. The van der Waals surface area contributed by atoms with Crippen molar-refractivity contribution >= 4 is 5.91 Å². The predicted molar refractivity (Wildman–Crippen MR) is 78.7 cm³/mol. The van der Waals surface area contributed by atoms with Gasteiger partial charge in [0.15, 0.2) is 5.76 Å². The molecule has 1 aliphatic rings. The van der Waals surface area contributed by atoms with Crippen molar-refractivity contribution < 1.29 is 13.6 Å². The minimum Gasteiger partial charge on any atom is -0.467 e. The van der Waals surface area contributed by atoms with Crippen molar-refractivity contribution in [2.75, 3.05) is 6.54 Å². The van der Waals surface area contributed by atoms with Gasteiger partial charge in [-0.05, 0) is 43.0 Å². The molecule has 0 saturated heterocycles. The van der Waals surface area contributed by atoms with Crippen molar-refractivity contribution in [1.29, 1.82) is 0 Å². The fourth-order valence-corrected chi connectivity index (χ4v) is 3.05. The molecule has 2 aromatic rings. The fourth-order valence-electron chi connectivity index (χ4n) is 3.05. The van der Waals surface area contributed by atoms with Crippen molar-refractivity contribution in [3.8, 4) is 0 Å². The molecule has 0 N–H and O–H groups in total. The van der Waals surface area contributed by atoms with E-state index in [0.29, 0.717) is 18.2 Å². The van der Waals surface area contributed by atoms with Crippen LogP contribution in [0.25, 0.3) is 0 Å². The number of carbonyl (C=O) groups excluding carboxylic acids is 1. The summed E-state index contributed by atoms with van der Waals surface area (Å²) < 4.78 is 10.7. The zero-order valence-electron chi connectivity index (χ0n) is 12.2. The summed E-state index contributed by atoms with van der Waals surface area (Å²) in [6.45, 7) is 1.28. The Bertz CT molecular complexity index is 539. The number of hydrogen-bond acceptors (Lipinski definition) is 3. The summed E-state index contributed by atoms with van der Waals surface area (Å²) in [7, 11) is 0. The lowest BCUT2D eigenvalue weighted by Crippen LogP contribution is -2.35. The third-order valence-corrected chi connectivity index (χ3v) is 4.15. The molecule has 0 aliphatic heterocycles. The molecular formula is C17H21NO3. The van der Waals surface area contributed by atoms with Gasteiger partial charge in [0.2, 0.25) is 0 Å². The maximum atomic E-state index is 12.6. The molecule has 2 heterocycles. The normalized spacial score (nSPS) is 16.0. The van der Waals surface area contributed by atoms with Gasteiger partial charge in [0.1, 0.15) is 5.76 Å². The highest BCUT2D eigenvalue weighted by molar-refractivity contribution is 5.91. The van der Waals surface area contributed by atoms with Gasteiger partial charge in [-0.2, -0.15) is 0 Å². The van der Waals surface area contributed by atoms with Gasteiger partial charge in [-0.25, -0.2) is 0 Å². The molecule has 0 atom stereocenters. The summed E-state index contributed by atoms with van der Waals surface area (Å²) >= 11 is 0. The van der Waals surface area contributed by atoms with Crippen molar-refractivity contribution in [1.82, 2.24) is 4.90 Å². The van der Waals surface area contributed by atoms with E-state index in [4.69, 9.17) is 8.83 Å². The Balaban J connectivity index is 1.71. The Labute approximate surface area is 124 Å². The van der Waals surface area contributed by atoms with Gasteiger partial charge < -0.3 is 13.7 Å². The number of furan rings is 2. The molecule has 1 aliphatic carbocycles. The molecule has 2 aromatic heterocycles. The van der Waals surface area contributed by atoms with Crippen LogP contribution in [0.2, 0.25) is 0 Å². The summed E-state index contributed by atoms with van der Waals surface area (Å²) in [5.41, 5.74) is 0. The Morgan fingerprint density at radius 1 is 1.10 bits per heavy atom. The molecule has 4 nitrogen and oxygen atoms in total. The number of amides is 1. The van der Waals surface area contributed by atoms with Crippen molar-refractivity contribution in [2.45, 2.75) is 38.6 Å². The molecule has 0 unspecified atom stereocenters. The zero-order chi connectivity index (χ0) is 14.5. The van der Waals surface area contributed by atoms with Gasteiger partial charge >= 0.3 is 0 Å². The SMILES string of the molecule is O=C(c1ccco1)N(Cc1ccco1)CC1CCCCC1. The minimum atomic E-state index is -0.0537. The third-order valence-electron chi connectivity index (χ3n) is 4.15. The molecule has 3 rings (SSSR count). The second kappa shape index (κ2) is 6.66. The summed E-state index contributed by atoms with van der Waals surface area (Å²) in [5, 5.41) is 0. The maximum absolute atomic E-state index is 12.6. The lowest BCUT2D eigenvalue weighted by atomic mass is 9.89. The van der Waals surface area contributed by atoms with E-state index in [9.17, 15) is 4.79 Å². The number of rotatable bonds is 5. The van der Waals surface area contributed by atoms with Gasteiger partial charge in [0.05, 0.1) is 19.1 Å². The number of hydrogen-bond donors (Lipinski definition) is 0. The molecular weight excluding hydrogens is 266 g/mol. The monoisotopic (exact) mass is 287 g/mol. The first kappa shape index (κ1) is 14.0. The van der Waals surface area contributed by atoms with E-state index in [1.54, 1.807) is 24.7 Å². The van der Waals surface area contributed by atoms with Gasteiger partial charge in [-0.15, -0.1) is 0 Å². The molecule has 0 spiro atoms. The van der Waals surface area contributed by atoms with Crippen LogP contribution in [-0.2, 0) is 6.54 Å². The average molecular weight is 287 g/mol. The van der Waals surface area contributed by atoms with Crippen molar-refractivity contribution in [3.63, 3.8) is 0 Å². The number of carbonyl (C=O) groups is 1. The van der Waals surface area contributed by atoms with Crippen LogP contribution in [0.15, 0.2) is 45.6 Å². The standard InChI is InChI=1S/C17H21NO3/c19-17(16-9-5-11-21-16)18(13-15-8-4-10-20-15)12-14-6-2-1-3-7-14/h4-5,8-11,14H,1-3,6-7,12-13H2. The van der Waals surface area contributed by atoms with Crippen LogP contribution < -0.4 is 0 Å². The molecule has 0 bridgehead atoms. The Hall–Kier alpha value is -1.97. The first-order valence-corrected chi connectivity index (χ1v) is 7.68. The van der Waals surface area contributed by atoms with Crippen LogP contribution in [0.1, 0.15) is 48.4 Å². The zero-order valence-corrected chi connectivity index (χ0v) is 12.2. The first-order valence-electron chi connectivity index (χ1n) is 7.68. The van der Waals surface area contributed by atoms with E-state index < -0.39 is 0 Å². The molecule has 112 valence electrons. The highest BCUT2D eigenvalue weighted by Crippen LogP contribution is 2.25. The first-order chi connectivity index (χ1) is 10.3. The summed E-state index contributed by atoms with van der Waals surface area (Å²) in [6.07, 6.45) is 9.47. The second-order valence-electron chi connectivity index (χ2n) is 5.75. The Morgan fingerprint density at radius 2 is 1.86 bits per heavy atom. The van der Waals surface area contributed by atoms with Crippen LogP contribution in [-0.4, -0.2) is 17.4 Å². The van der Waals surface area contributed by atoms with E-state index in [2.05, 4.69) is 0 Å². The predicted octanol–water partition coefficient (Wildman–Crippen LogP) is 4.10. The van der Waals surface area contributed by atoms with E-state index in [0.717, 1.165) is 12.3 Å². The maximum Gasteiger partial charge on any atom is 0.289 e. The smallest absolute Gasteiger partial charge is 0.289 e. The fraction of sp³-hybridized carbons (Fsp3) is 0.471. The van der Waals surface area contributed by atoms with Gasteiger partial charge in [-0.1, -0.05) is 19.3 Å². The van der Waals surface area contributed by atoms with E-state index >= 15 is 0 Å². The molecule has 21 heavy (non-hydrogen) atoms. The molecule has 1 fully saturated rings. The highest BCUT2D eigenvalue weighted by atomic mass is 16.3. The largest absolute Gasteiger partial charge is 0.467 e. The summed E-state index contributed by atoms with van der Waals surface area (Å²) in [4.78, 5) is 14.5. The van der Waals surface area contributed by atoms with E-state index in [-0.39, 0.29) is 5.91 Å². The Morgan fingerprint density at radius 3 is 2.52 bits per heavy atom. The third kappa shape index (κ3) is 3.57. The topological polar surface area (TPSA) is 46.6 Å². The van der Waals surface area contributed by atoms with Crippen LogP contribution in [0.5, 0.6) is 0 Å². The van der Waals surface area contributed by atoms with Gasteiger partial charge in [-0.3, -0.25) is 4.79 Å². The lowest BCUT2D eigenvalue weighted by molar-refractivity contribution is 0.0653. The van der Waals surface area contributed by atoms with Crippen molar-refractivity contribution in [2.24, 2.45) is 5.92 Å². The van der Waals surface area contributed by atoms with E-state index in [1.165, 1.54) is 32.1 Å². The summed E-state index contributed by atoms with van der Waals surface area (Å²) in [6, 6.07) is 7.23. The molecule has 0 radical (unpaired) electrons. The molecule has 0 aromatic carbocycles. The van der Waals surface area contributed by atoms with Crippen LogP contribution in [0, 0.1) is 5.92 Å². The molecule has 1 saturated carbocycles. The van der Waals surface area contributed by atoms with Crippen LogP contribution in [0.4, 0.5) is 0 Å². The average Bonchev–Trinajstić information content (AvgIpc) is 3.20. The Kier molecular flexibility index (Phi) is 4.43. The molecule has 4 heteroatoms. The number of nitrogens with zero attached hydrogens (tertiary/aromatic N) is 1. The van der Waals surface area contributed by atoms with Gasteiger partial charge in [0, 0.05) is 6.54 Å². The van der Waals surface area contributed by atoms with Crippen molar-refractivity contribution in [3.05, 3.63) is 48.3 Å². The lowest BCUT2D eigenvalue weighted by Gasteiger charge is -2.28. The van der Waals surface area contributed by atoms with E-state index in [1.807, 2.05) is 17.0 Å².